The van der Waals surface area contributed by atoms with E-state index in [0.29, 0.717) is 6.61 Å². The van der Waals surface area contributed by atoms with Crippen molar-refractivity contribution in [3.63, 3.8) is 0 Å². The van der Waals surface area contributed by atoms with Gasteiger partial charge in [-0.2, -0.15) is 0 Å². The third-order valence-electron chi connectivity index (χ3n) is 3.21. The molecular weight excluding hydrogens is 396 g/mol. The van der Waals surface area contributed by atoms with Gasteiger partial charge in [-0.1, -0.05) is 40.2 Å². The molecule has 0 radical (unpaired) electrons. The molecular formula is C17H18Br2O2. The summed E-state index contributed by atoms with van der Waals surface area (Å²) in [6, 6.07) is 14.3. The molecule has 0 aliphatic rings. The summed E-state index contributed by atoms with van der Waals surface area (Å²) in [5.74, 6) is 1.80. The summed E-state index contributed by atoms with van der Waals surface area (Å²) < 4.78 is 11.9. The van der Waals surface area contributed by atoms with E-state index in [1.54, 1.807) is 7.11 Å². The Hall–Kier alpha value is -1.00. The Morgan fingerprint density at radius 1 is 1.10 bits per heavy atom. The number of para-hydroxylation sites is 1. The number of benzene rings is 2. The van der Waals surface area contributed by atoms with Crippen LogP contribution < -0.4 is 9.47 Å². The molecule has 0 amide bonds. The van der Waals surface area contributed by atoms with Crippen molar-refractivity contribution < 1.29 is 9.47 Å². The van der Waals surface area contributed by atoms with Crippen molar-refractivity contribution in [1.82, 2.24) is 0 Å². The lowest BCUT2D eigenvalue weighted by molar-refractivity contribution is 0.338. The second-order valence-electron chi connectivity index (χ2n) is 4.61. The minimum atomic E-state index is 0.223. The average molecular weight is 414 g/mol. The number of alkyl halides is 1. The first-order chi connectivity index (χ1) is 10.2. The van der Waals surface area contributed by atoms with Gasteiger partial charge in [0.25, 0.3) is 0 Å². The van der Waals surface area contributed by atoms with Crippen LogP contribution in [-0.2, 0) is 6.42 Å². The molecule has 1 atom stereocenters. The van der Waals surface area contributed by atoms with E-state index in [4.69, 9.17) is 9.47 Å². The number of ether oxygens (including phenoxy) is 2. The molecule has 0 bridgehead atoms. The van der Waals surface area contributed by atoms with E-state index in [1.807, 2.05) is 31.2 Å². The summed E-state index contributed by atoms with van der Waals surface area (Å²) in [5, 5.41) is 0. The highest BCUT2D eigenvalue weighted by molar-refractivity contribution is 9.10. The zero-order chi connectivity index (χ0) is 15.2. The van der Waals surface area contributed by atoms with Crippen LogP contribution in [0.2, 0.25) is 0 Å². The largest absolute Gasteiger partial charge is 0.496 e. The van der Waals surface area contributed by atoms with Gasteiger partial charge < -0.3 is 9.47 Å². The molecule has 0 aliphatic heterocycles. The van der Waals surface area contributed by atoms with E-state index >= 15 is 0 Å². The van der Waals surface area contributed by atoms with Crippen molar-refractivity contribution in [3.05, 3.63) is 58.1 Å². The van der Waals surface area contributed by atoms with E-state index in [-0.39, 0.29) is 4.83 Å². The number of hydrogen-bond donors (Lipinski definition) is 0. The molecule has 0 saturated heterocycles. The fourth-order valence-electron chi connectivity index (χ4n) is 2.17. The Balaban J connectivity index is 2.16. The van der Waals surface area contributed by atoms with Gasteiger partial charge >= 0.3 is 0 Å². The Morgan fingerprint density at radius 2 is 1.86 bits per heavy atom. The highest BCUT2D eigenvalue weighted by atomic mass is 79.9. The highest BCUT2D eigenvalue weighted by Gasteiger charge is 2.13. The number of methoxy groups -OCH3 is 1. The predicted molar refractivity (Wildman–Crippen MR) is 93.7 cm³/mol. The van der Waals surface area contributed by atoms with Crippen molar-refractivity contribution in [2.24, 2.45) is 0 Å². The van der Waals surface area contributed by atoms with Gasteiger partial charge in [0.05, 0.1) is 18.2 Å². The molecule has 4 heteroatoms. The Labute approximate surface area is 142 Å². The number of hydrogen-bond acceptors (Lipinski definition) is 2. The first-order valence-corrected chi connectivity index (χ1v) is 8.54. The zero-order valence-corrected chi connectivity index (χ0v) is 15.3. The van der Waals surface area contributed by atoms with Gasteiger partial charge in [-0.25, -0.2) is 0 Å². The van der Waals surface area contributed by atoms with Crippen LogP contribution in [0.1, 0.15) is 22.9 Å². The molecule has 21 heavy (non-hydrogen) atoms. The topological polar surface area (TPSA) is 18.5 Å². The van der Waals surface area contributed by atoms with E-state index < -0.39 is 0 Å². The molecule has 112 valence electrons. The monoisotopic (exact) mass is 412 g/mol. The summed E-state index contributed by atoms with van der Waals surface area (Å²) in [7, 11) is 1.70. The fraction of sp³-hybridized carbons (Fsp3) is 0.294. The van der Waals surface area contributed by atoms with E-state index in [0.717, 1.165) is 22.4 Å². The Morgan fingerprint density at radius 3 is 2.52 bits per heavy atom. The maximum absolute atomic E-state index is 5.54. The normalized spacial score (nSPS) is 12.0. The van der Waals surface area contributed by atoms with Gasteiger partial charge in [-0.05, 0) is 58.6 Å². The summed E-state index contributed by atoms with van der Waals surface area (Å²) in [4.78, 5) is 0.223. The van der Waals surface area contributed by atoms with Gasteiger partial charge in [0.2, 0.25) is 0 Å². The molecule has 2 nitrogen and oxygen atoms in total. The second-order valence-corrected chi connectivity index (χ2v) is 6.57. The van der Waals surface area contributed by atoms with Crippen molar-refractivity contribution in [3.8, 4) is 11.5 Å². The lowest BCUT2D eigenvalue weighted by atomic mass is 10.0. The minimum Gasteiger partial charge on any atom is -0.496 e. The van der Waals surface area contributed by atoms with Crippen molar-refractivity contribution in [1.29, 1.82) is 0 Å². The van der Waals surface area contributed by atoms with Crippen LogP contribution in [0.15, 0.2) is 46.9 Å². The second kappa shape index (κ2) is 7.85. The molecule has 0 saturated carbocycles. The SMILES string of the molecule is CCOc1ccc(C(Br)Cc2ccccc2OC)cc1Br. The zero-order valence-electron chi connectivity index (χ0n) is 12.1. The van der Waals surface area contributed by atoms with Crippen LogP contribution in [0.3, 0.4) is 0 Å². The average Bonchev–Trinajstić information content (AvgIpc) is 2.50. The van der Waals surface area contributed by atoms with Crippen LogP contribution in [0.4, 0.5) is 0 Å². The Bertz CT molecular complexity index is 599. The maximum Gasteiger partial charge on any atom is 0.133 e. The first kappa shape index (κ1) is 16.4. The van der Waals surface area contributed by atoms with Crippen LogP contribution in [0.25, 0.3) is 0 Å². The molecule has 2 aromatic carbocycles. The summed E-state index contributed by atoms with van der Waals surface area (Å²) >= 11 is 7.33. The van der Waals surface area contributed by atoms with Crippen LogP contribution in [-0.4, -0.2) is 13.7 Å². The van der Waals surface area contributed by atoms with Crippen molar-refractivity contribution in [2.75, 3.05) is 13.7 Å². The molecule has 0 aliphatic carbocycles. The van der Waals surface area contributed by atoms with Crippen molar-refractivity contribution in [2.45, 2.75) is 18.2 Å². The quantitative estimate of drug-likeness (QED) is 0.579. The van der Waals surface area contributed by atoms with Gasteiger partial charge in [0.15, 0.2) is 0 Å². The van der Waals surface area contributed by atoms with Crippen LogP contribution in [0.5, 0.6) is 11.5 Å². The molecule has 0 spiro atoms. The van der Waals surface area contributed by atoms with Gasteiger partial charge in [0, 0.05) is 4.83 Å². The molecule has 1 unspecified atom stereocenters. The summed E-state index contributed by atoms with van der Waals surface area (Å²) in [6.07, 6.45) is 0.866. The summed E-state index contributed by atoms with van der Waals surface area (Å²) in [6.45, 7) is 2.65. The highest BCUT2D eigenvalue weighted by Crippen LogP contribution is 2.34. The third-order valence-corrected chi connectivity index (χ3v) is 4.68. The molecule has 0 heterocycles. The molecule has 0 N–H and O–H groups in total. The first-order valence-electron chi connectivity index (χ1n) is 6.84. The van der Waals surface area contributed by atoms with Crippen molar-refractivity contribution >= 4 is 31.9 Å². The van der Waals surface area contributed by atoms with E-state index in [1.165, 1.54) is 11.1 Å². The lowest BCUT2D eigenvalue weighted by Crippen LogP contribution is -1.99. The van der Waals surface area contributed by atoms with Crippen LogP contribution >= 0.6 is 31.9 Å². The fourth-order valence-corrected chi connectivity index (χ4v) is 3.31. The van der Waals surface area contributed by atoms with Gasteiger partial charge in [-0.15, -0.1) is 0 Å². The smallest absolute Gasteiger partial charge is 0.133 e. The van der Waals surface area contributed by atoms with Gasteiger partial charge in [0.1, 0.15) is 11.5 Å². The molecule has 0 aromatic heterocycles. The predicted octanol–water partition coefficient (Wildman–Crippen LogP) is 5.54. The molecule has 2 aromatic rings. The third kappa shape index (κ3) is 4.24. The van der Waals surface area contributed by atoms with E-state index in [9.17, 15) is 0 Å². The lowest BCUT2D eigenvalue weighted by Gasteiger charge is -2.15. The van der Waals surface area contributed by atoms with Gasteiger partial charge in [-0.3, -0.25) is 0 Å². The summed E-state index contributed by atoms with van der Waals surface area (Å²) in [5.41, 5.74) is 2.39. The Kier molecular flexibility index (Phi) is 6.12. The molecule has 0 fully saturated rings. The molecule has 2 rings (SSSR count). The number of halogens is 2. The number of rotatable bonds is 6. The maximum atomic E-state index is 5.54. The standard InChI is InChI=1S/C17H18Br2O2/c1-3-21-17-9-8-12(10-15(17)19)14(18)11-13-6-4-5-7-16(13)20-2/h4-10,14H,3,11H2,1-2H3. The van der Waals surface area contributed by atoms with Crippen LogP contribution in [0, 0.1) is 0 Å². The van der Waals surface area contributed by atoms with E-state index in [2.05, 4.69) is 50.1 Å². The minimum absolute atomic E-state index is 0.223.